The summed E-state index contributed by atoms with van der Waals surface area (Å²) in [7, 11) is 0. The molecule has 0 spiro atoms. The number of aryl methyl sites for hydroxylation is 4. The van der Waals surface area contributed by atoms with Crippen LogP contribution in [0.2, 0.25) is 0 Å². The summed E-state index contributed by atoms with van der Waals surface area (Å²) in [6, 6.07) is 7.71. The summed E-state index contributed by atoms with van der Waals surface area (Å²) in [6.45, 7) is 4.51. The van der Waals surface area contributed by atoms with E-state index in [-0.39, 0.29) is 17.6 Å². The number of rotatable bonds is 4. The van der Waals surface area contributed by atoms with E-state index in [4.69, 9.17) is 0 Å². The third-order valence-electron chi connectivity index (χ3n) is 5.26. The van der Waals surface area contributed by atoms with E-state index < -0.39 is 22.6 Å². The van der Waals surface area contributed by atoms with Crippen molar-refractivity contribution in [3.05, 3.63) is 79.1 Å². The summed E-state index contributed by atoms with van der Waals surface area (Å²) in [4.78, 5) is 38.2. The zero-order valence-electron chi connectivity index (χ0n) is 15.8. The molecule has 0 radical (unpaired) electrons. The van der Waals surface area contributed by atoms with Gasteiger partial charge in [0.1, 0.15) is 5.56 Å². The van der Waals surface area contributed by atoms with Crippen LogP contribution in [-0.4, -0.2) is 20.0 Å². The fraction of sp³-hybridized carbons (Fsp3) is 0.286. The Labute approximate surface area is 160 Å². The van der Waals surface area contributed by atoms with Crippen LogP contribution in [0.25, 0.3) is 5.52 Å². The number of hydrogen-bond donors (Lipinski definition) is 2. The maximum Gasteiger partial charge on any atom is 0.278 e. The minimum Gasteiger partial charge on any atom is -0.503 e. The third-order valence-corrected chi connectivity index (χ3v) is 5.26. The molecule has 0 aliphatic carbocycles. The fourth-order valence-electron chi connectivity index (χ4n) is 3.76. The normalized spacial score (nSPS) is 12.5. The second kappa shape index (κ2) is 6.67. The topological polar surface area (TPSA) is 92.8 Å². The summed E-state index contributed by atoms with van der Waals surface area (Å²) >= 11 is 0. The summed E-state index contributed by atoms with van der Waals surface area (Å²) in [5.41, 5.74) is 1.94. The molecular weight excluding hydrogens is 358 g/mol. The Morgan fingerprint density at radius 1 is 1.18 bits per heavy atom. The van der Waals surface area contributed by atoms with E-state index in [1.165, 1.54) is 4.57 Å². The minimum atomic E-state index is -0.796. The first-order valence-corrected chi connectivity index (χ1v) is 9.29. The van der Waals surface area contributed by atoms with Gasteiger partial charge in [0.2, 0.25) is 5.43 Å². The zero-order chi connectivity index (χ0) is 20.0. The number of nitrogens with zero attached hydrogens (tertiary/aromatic N) is 2. The predicted octanol–water partition coefficient (Wildman–Crippen LogP) is 1.52. The van der Waals surface area contributed by atoms with Crippen LogP contribution in [0, 0.1) is 6.92 Å². The largest absolute Gasteiger partial charge is 0.503 e. The van der Waals surface area contributed by atoms with Gasteiger partial charge in [-0.05, 0) is 32.3 Å². The molecule has 4 rings (SSSR count). The molecule has 2 N–H and O–H groups in total. The molecule has 0 atom stereocenters. The Hall–Kier alpha value is -3.35. The minimum absolute atomic E-state index is 0.0491. The third kappa shape index (κ3) is 2.70. The molecule has 1 aliphatic rings. The highest BCUT2D eigenvalue weighted by Crippen LogP contribution is 2.24. The van der Waals surface area contributed by atoms with Crippen molar-refractivity contribution in [3.8, 4) is 5.75 Å². The number of aromatic hydroxyl groups is 1. The van der Waals surface area contributed by atoms with E-state index in [2.05, 4.69) is 5.32 Å². The monoisotopic (exact) mass is 379 g/mol. The number of nitrogens with one attached hydrogen (secondary N) is 1. The molecule has 0 saturated carbocycles. The molecule has 1 amide bonds. The maximum atomic E-state index is 12.8. The molecule has 3 heterocycles. The second-order valence-corrected chi connectivity index (χ2v) is 7.06. The van der Waals surface area contributed by atoms with Crippen molar-refractivity contribution in [2.75, 3.05) is 0 Å². The first-order chi connectivity index (χ1) is 13.4. The van der Waals surface area contributed by atoms with Crippen molar-refractivity contribution in [2.24, 2.45) is 0 Å². The van der Waals surface area contributed by atoms with Gasteiger partial charge in [0, 0.05) is 30.7 Å². The number of pyridine rings is 1. The molecule has 2 aromatic heterocycles. The highest BCUT2D eigenvalue weighted by atomic mass is 16.3. The molecule has 7 heteroatoms. The van der Waals surface area contributed by atoms with Crippen molar-refractivity contribution in [1.82, 2.24) is 14.3 Å². The second-order valence-electron chi connectivity index (χ2n) is 7.06. The Morgan fingerprint density at radius 2 is 1.89 bits per heavy atom. The average Bonchev–Trinajstić information content (AvgIpc) is 3.09. The average molecular weight is 379 g/mol. The van der Waals surface area contributed by atoms with E-state index in [1.807, 2.05) is 38.1 Å². The van der Waals surface area contributed by atoms with Gasteiger partial charge in [-0.25, -0.2) is 0 Å². The van der Waals surface area contributed by atoms with Crippen molar-refractivity contribution >= 4 is 11.4 Å². The van der Waals surface area contributed by atoms with Crippen LogP contribution >= 0.6 is 0 Å². The van der Waals surface area contributed by atoms with Gasteiger partial charge in [0.25, 0.3) is 11.5 Å². The Kier molecular flexibility index (Phi) is 4.30. The maximum absolute atomic E-state index is 12.8. The van der Waals surface area contributed by atoms with Crippen LogP contribution in [0.3, 0.4) is 0 Å². The number of carbonyl (C=O) groups excluding carboxylic acids is 1. The van der Waals surface area contributed by atoms with Gasteiger partial charge in [0.15, 0.2) is 11.3 Å². The predicted molar refractivity (Wildman–Crippen MR) is 105 cm³/mol. The molecule has 1 aliphatic heterocycles. The fourth-order valence-corrected chi connectivity index (χ4v) is 3.76. The number of hydrogen-bond acceptors (Lipinski definition) is 4. The first kappa shape index (κ1) is 18.0. The molecule has 1 aromatic carbocycles. The van der Waals surface area contributed by atoms with Gasteiger partial charge in [0.05, 0.1) is 0 Å². The first-order valence-electron chi connectivity index (χ1n) is 9.29. The molecule has 144 valence electrons. The van der Waals surface area contributed by atoms with Crippen molar-refractivity contribution in [2.45, 2.75) is 39.8 Å². The number of carbonyl (C=O) groups is 1. The van der Waals surface area contributed by atoms with Crippen molar-refractivity contribution in [1.29, 1.82) is 0 Å². The van der Waals surface area contributed by atoms with Crippen molar-refractivity contribution < 1.29 is 9.90 Å². The smallest absolute Gasteiger partial charge is 0.278 e. The van der Waals surface area contributed by atoms with E-state index in [9.17, 15) is 19.5 Å². The Balaban J connectivity index is 1.80. The summed E-state index contributed by atoms with van der Waals surface area (Å²) in [5, 5.41) is 13.2. The molecule has 0 unspecified atom stereocenters. The van der Waals surface area contributed by atoms with Gasteiger partial charge >= 0.3 is 0 Å². The standard InChI is InChI=1S/C21H21N3O4/c1-3-23-11-14-8-9-15-16(18(25)19(26)17(21(23)28)24(14)15)20(27)22-10-13-6-4-12(2)5-7-13/h4-7,11,26H,3,8-10H2,1-2H3,(H,22,27). The van der Waals surface area contributed by atoms with Gasteiger partial charge in [-0.2, -0.15) is 0 Å². The Bertz CT molecular complexity index is 1220. The van der Waals surface area contributed by atoms with E-state index in [0.29, 0.717) is 25.1 Å². The van der Waals surface area contributed by atoms with E-state index in [1.54, 1.807) is 10.6 Å². The van der Waals surface area contributed by atoms with Crippen LogP contribution in [-0.2, 0) is 25.9 Å². The van der Waals surface area contributed by atoms with Gasteiger partial charge in [-0.3, -0.25) is 14.4 Å². The van der Waals surface area contributed by atoms with Crippen LogP contribution in [0.15, 0.2) is 40.1 Å². The van der Waals surface area contributed by atoms with Gasteiger partial charge < -0.3 is 19.4 Å². The highest BCUT2D eigenvalue weighted by Gasteiger charge is 2.29. The summed E-state index contributed by atoms with van der Waals surface area (Å²) < 4.78 is 3.04. The lowest BCUT2D eigenvalue weighted by atomic mass is 10.1. The van der Waals surface area contributed by atoms with E-state index in [0.717, 1.165) is 16.8 Å². The molecule has 0 fully saturated rings. The van der Waals surface area contributed by atoms with Crippen LogP contribution in [0.4, 0.5) is 0 Å². The van der Waals surface area contributed by atoms with Crippen LogP contribution in [0.1, 0.15) is 39.8 Å². The zero-order valence-corrected chi connectivity index (χ0v) is 15.8. The molecule has 28 heavy (non-hydrogen) atoms. The molecule has 0 saturated heterocycles. The lowest BCUT2D eigenvalue weighted by molar-refractivity contribution is 0.0948. The molecule has 3 aromatic rings. The number of amides is 1. The van der Waals surface area contributed by atoms with Crippen LogP contribution < -0.4 is 16.3 Å². The number of benzene rings is 1. The summed E-state index contributed by atoms with van der Waals surface area (Å²) in [5.74, 6) is -1.21. The SMILES string of the molecule is CCn1cc2n3c(c(C(=O)NCc4ccc(C)cc4)c(=O)c(O)c3c1=O)CC2. The van der Waals surface area contributed by atoms with Crippen molar-refractivity contribution in [3.63, 3.8) is 0 Å². The Morgan fingerprint density at radius 3 is 2.57 bits per heavy atom. The summed E-state index contributed by atoms with van der Waals surface area (Å²) in [6.07, 6.45) is 2.79. The van der Waals surface area contributed by atoms with Gasteiger partial charge in [-0.15, -0.1) is 0 Å². The number of aromatic nitrogens is 2. The highest BCUT2D eigenvalue weighted by molar-refractivity contribution is 5.96. The lowest BCUT2D eigenvalue weighted by Gasteiger charge is -2.14. The quantitative estimate of drug-likeness (QED) is 0.719. The molecular formula is C21H21N3O4. The van der Waals surface area contributed by atoms with E-state index >= 15 is 0 Å². The molecule has 0 bridgehead atoms. The van der Waals surface area contributed by atoms with Gasteiger partial charge in [-0.1, -0.05) is 29.8 Å². The van der Waals surface area contributed by atoms with Crippen LogP contribution in [0.5, 0.6) is 5.75 Å². The lowest BCUT2D eigenvalue weighted by Crippen LogP contribution is -2.32. The molecule has 7 nitrogen and oxygen atoms in total.